The zero-order valence-electron chi connectivity index (χ0n) is 23.8. The number of aromatic hydroxyl groups is 2. The number of anilines is 1. The van der Waals surface area contributed by atoms with E-state index in [2.05, 4.69) is 10.6 Å². The van der Waals surface area contributed by atoms with Crippen LogP contribution in [0.1, 0.15) is 56.3 Å². The van der Waals surface area contributed by atoms with Crippen molar-refractivity contribution < 1.29 is 29.3 Å². The summed E-state index contributed by atoms with van der Waals surface area (Å²) in [6.07, 6.45) is 0.727. The zero-order valence-corrected chi connectivity index (χ0v) is 23.8. The SMILES string of the molecule is Cc1ccccc1NC(=O)C(c1cccc(O)c1)N(C(=O)C(Cc1ccc(O)cc1)NC(=O)OC(C)(C)C)C1CC1. The summed E-state index contributed by atoms with van der Waals surface area (Å²) < 4.78 is 5.46. The summed E-state index contributed by atoms with van der Waals surface area (Å²) in [7, 11) is 0. The van der Waals surface area contributed by atoms with Gasteiger partial charge in [-0.2, -0.15) is 0 Å². The van der Waals surface area contributed by atoms with Crippen molar-refractivity contribution in [3.8, 4) is 11.5 Å². The molecule has 2 unspecified atom stereocenters. The monoisotopic (exact) mass is 559 g/mol. The molecule has 9 heteroatoms. The third kappa shape index (κ3) is 8.00. The number of ether oxygens (including phenoxy) is 1. The molecule has 0 heterocycles. The highest BCUT2D eigenvalue weighted by atomic mass is 16.6. The lowest BCUT2D eigenvalue weighted by Crippen LogP contribution is -2.54. The first-order valence-electron chi connectivity index (χ1n) is 13.7. The number of alkyl carbamates (subject to hydrolysis) is 1. The van der Waals surface area contributed by atoms with Gasteiger partial charge in [0.25, 0.3) is 5.91 Å². The summed E-state index contributed by atoms with van der Waals surface area (Å²) in [5.74, 6) is -0.856. The van der Waals surface area contributed by atoms with Crippen LogP contribution >= 0.6 is 0 Å². The van der Waals surface area contributed by atoms with Crippen LogP contribution in [0.4, 0.5) is 10.5 Å². The summed E-state index contributed by atoms with van der Waals surface area (Å²) >= 11 is 0. The number of nitrogens with one attached hydrogen (secondary N) is 2. The van der Waals surface area contributed by atoms with Crippen LogP contribution in [0.25, 0.3) is 0 Å². The second kappa shape index (κ2) is 12.3. The van der Waals surface area contributed by atoms with Crippen molar-refractivity contribution in [3.05, 3.63) is 89.5 Å². The van der Waals surface area contributed by atoms with Gasteiger partial charge in [0.15, 0.2) is 0 Å². The van der Waals surface area contributed by atoms with Gasteiger partial charge >= 0.3 is 6.09 Å². The molecule has 3 aromatic rings. The maximum Gasteiger partial charge on any atom is 0.408 e. The maximum atomic E-state index is 14.4. The lowest BCUT2D eigenvalue weighted by molar-refractivity contribution is -0.141. The zero-order chi connectivity index (χ0) is 29.7. The van der Waals surface area contributed by atoms with E-state index in [4.69, 9.17) is 4.74 Å². The van der Waals surface area contributed by atoms with Gasteiger partial charge in [-0.25, -0.2) is 4.79 Å². The van der Waals surface area contributed by atoms with E-state index in [0.717, 1.165) is 5.56 Å². The quantitative estimate of drug-likeness (QED) is 0.285. The van der Waals surface area contributed by atoms with Gasteiger partial charge in [-0.15, -0.1) is 0 Å². The van der Waals surface area contributed by atoms with Gasteiger partial charge in [-0.1, -0.05) is 42.5 Å². The van der Waals surface area contributed by atoms with Gasteiger partial charge in [-0.05, 0) is 87.6 Å². The number of hydrogen-bond donors (Lipinski definition) is 4. The van der Waals surface area contributed by atoms with Crippen LogP contribution in [0.3, 0.4) is 0 Å². The molecule has 3 aromatic carbocycles. The van der Waals surface area contributed by atoms with Crippen molar-refractivity contribution in [2.75, 3.05) is 5.32 Å². The normalized spacial score (nSPS) is 14.4. The molecule has 4 N–H and O–H groups in total. The first-order valence-corrected chi connectivity index (χ1v) is 13.7. The molecule has 1 aliphatic carbocycles. The van der Waals surface area contributed by atoms with Crippen LogP contribution in [0.15, 0.2) is 72.8 Å². The summed E-state index contributed by atoms with van der Waals surface area (Å²) in [5.41, 5.74) is 1.82. The maximum absolute atomic E-state index is 14.4. The van der Waals surface area contributed by atoms with Gasteiger partial charge in [-0.3, -0.25) is 9.59 Å². The highest BCUT2D eigenvalue weighted by Gasteiger charge is 2.44. The first kappa shape index (κ1) is 29.5. The van der Waals surface area contributed by atoms with Crippen LogP contribution in [0.2, 0.25) is 0 Å². The Kier molecular flexibility index (Phi) is 8.86. The highest BCUT2D eigenvalue weighted by molar-refractivity contribution is 5.99. The molecule has 1 saturated carbocycles. The van der Waals surface area contributed by atoms with Gasteiger partial charge < -0.3 is 30.5 Å². The van der Waals surface area contributed by atoms with E-state index >= 15 is 0 Å². The predicted octanol–water partition coefficient (Wildman–Crippen LogP) is 5.21. The number of nitrogens with zero attached hydrogens (tertiary/aromatic N) is 1. The van der Waals surface area contributed by atoms with E-state index in [-0.39, 0.29) is 24.0 Å². The van der Waals surface area contributed by atoms with Gasteiger partial charge in [0.1, 0.15) is 29.2 Å². The number of amides is 3. The molecule has 4 rings (SSSR count). The Balaban J connectivity index is 1.72. The number of carbonyl (C=O) groups is 3. The molecule has 0 saturated heterocycles. The second-order valence-corrected chi connectivity index (χ2v) is 11.3. The summed E-state index contributed by atoms with van der Waals surface area (Å²) in [4.78, 5) is 42.7. The average Bonchev–Trinajstić information content (AvgIpc) is 3.73. The Bertz CT molecular complexity index is 1400. The minimum atomic E-state index is -1.08. The number of rotatable bonds is 9. The van der Waals surface area contributed by atoms with Crippen LogP contribution in [0, 0.1) is 6.92 Å². The second-order valence-electron chi connectivity index (χ2n) is 11.3. The fourth-order valence-corrected chi connectivity index (χ4v) is 4.62. The van der Waals surface area contributed by atoms with E-state index in [1.807, 2.05) is 25.1 Å². The Morgan fingerprint density at radius 1 is 0.951 bits per heavy atom. The third-order valence-electron chi connectivity index (χ3n) is 6.68. The lowest BCUT2D eigenvalue weighted by atomic mass is 9.99. The summed E-state index contributed by atoms with van der Waals surface area (Å²) in [5, 5.41) is 25.7. The van der Waals surface area contributed by atoms with E-state index in [1.165, 1.54) is 29.2 Å². The standard InChI is InChI=1S/C32H37N3O6/c1-20-8-5-6-11-26(20)33-29(38)28(22-9-7-10-25(37)19-22)35(23-14-15-23)30(39)27(34-31(40)41-32(2,3)4)18-21-12-16-24(36)17-13-21/h5-13,16-17,19,23,27-28,36-37H,14-15,18H2,1-4H3,(H,33,38)(H,34,40). The van der Waals surface area contributed by atoms with Crippen molar-refractivity contribution >= 4 is 23.6 Å². The third-order valence-corrected chi connectivity index (χ3v) is 6.68. The smallest absolute Gasteiger partial charge is 0.408 e. The van der Waals surface area contributed by atoms with Gasteiger partial charge in [0.2, 0.25) is 5.91 Å². The fourth-order valence-electron chi connectivity index (χ4n) is 4.62. The minimum absolute atomic E-state index is 0.0353. The predicted molar refractivity (Wildman–Crippen MR) is 155 cm³/mol. The van der Waals surface area contributed by atoms with E-state index in [0.29, 0.717) is 29.7 Å². The number of hydrogen-bond acceptors (Lipinski definition) is 6. The molecule has 0 bridgehead atoms. The van der Waals surface area contributed by atoms with E-state index in [1.54, 1.807) is 51.1 Å². The lowest BCUT2D eigenvalue weighted by Gasteiger charge is -2.35. The van der Waals surface area contributed by atoms with Crippen molar-refractivity contribution in [2.24, 2.45) is 0 Å². The highest BCUT2D eigenvalue weighted by Crippen LogP contribution is 2.37. The van der Waals surface area contributed by atoms with Crippen molar-refractivity contribution in [1.82, 2.24) is 10.2 Å². The topological polar surface area (TPSA) is 128 Å². The van der Waals surface area contributed by atoms with Crippen LogP contribution in [-0.4, -0.2) is 50.7 Å². The molecule has 0 aromatic heterocycles. The first-order chi connectivity index (χ1) is 19.4. The number of aryl methyl sites for hydroxylation is 1. The van der Waals surface area contributed by atoms with Crippen LogP contribution in [-0.2, 0) is 20.7 Å². The van der Waals surface area contributed by atoms with Gasteiger partial charge in [0.05, 0.1) is 0 Å². The summed E-state index contributed by atoms with van der Waals surface area (Å²) in [6, 6.07) is 17.6. The minimum Gasteiger partial charge on any atom is -0.508 e. The molecule has 41 heavy (non-hydrogen) atoms. The van der Waals surface area contributed by atoms with E-state index in [9.17, 15) is 24.6 Å². The molecule has 0 aliphatic heterocycles. The molecule has 1 fully saturated rings. The molecule has 3 amide bonds. The number of phenols is 2. The molecule has 9 nitrogen and oxygen atoms in total. The van der Waals surface area contributed by atoms with Crippen molar-refractivity contribution in [3.63, 3.8) is 0 Å². The van der Waals surface area contributed by atoms with Crippen LogP contribution < -0.4 is 10.6 Å². The Labute approximate surface area is 240 Å². The number of para-hydroxylation sites is 1. The average molecular weight is 560 g/mol. The molecule has 1 aliphatic rings. The molecular weight excluding hydrogens is 522 g/mol. The fraction of sp³-hybridized carbons (Fsp3) is 0.344. The molecule has 216 valence electrons. The van der Waals surface area contributed by atoms with Gasteiger partial charge in [0, 0.05) is 18.2 Å². The molecular formula is C32H37N3O6. The Hall–Kier alpha value is -4.53. The largest absolute Gasteiger partial charge is 0.508 e. The number of carbonyl (C=O) groups excluding carboxylic acids is 3. The molecule has 0 spiro atoms. The Morgan fingerprint density at radius 2 is 1.63 bits per heavy atom. The molecule has 2 atom stereocenters. The number of phenolic OH excluding ortho intramolecular Hbond substituents is 2. The Morgan fingerprint density at radius 3 is 2.24 bits per heavy atom. The molecule has 0 radical (unpaired) electrons. The summed E-state index contributed by atoms with van der Waals surface area (Å²) in [6.45, 7) is 7.07. The van der Waals surface area contributed by atoms with Crippen molar-refractivity contribution in [1.29, 1.82) is 0 Å². The number of benzene rings is 3. The van der Waals surface area contributed by atoms with Crippen molar-refractivity contribution in [2.45, 2.75) is 70.7 Å². The van der Waals surface area contributed by atoms with E-state index < -0.39 is 35.6 Å². The van der Waals surface area contributed by atoms with Crippen LogP contribution in [0.5, 0.6) is 11.5 Å².